The number of fused-ring (bicyclic) bond motifs is 1. The normalized spacial score (nSPS) is 11.9. The van der Waals surface area contributed by atoms with Crippen molar-refractivity contribution in [1.82, 2.24) is 5.32 Å². The van der Waals surface area contributed by atoms with Crippen molar-refractivity contribution in [3.63, 3.8) is 0 Å². The number of benzene rings is 2. The lowest BCUT2D eigenvalue weighted by Gasteiger charge is -2.17. The Labute approximate surface area is 126 Å². The van der Waals surface area contributed by atoms with Crippen molar-refractivity contribution in [3.8, 4) is 5.75 Å². The van der Waals surface area contributed by atoms with Crippen LogP contribution in [0, 0.1) is 0 Å². The van der Waals surface area contributed by atoms with Crippen LogP contribution in [0.25, 0.3) is 10.8 Å². The standard InChI is InChI=1S/C16H21NO2.ClH/c1-3-13(11-18)17-10-15-14-7-5-4-6-12(14)8-9-16(15)19-2;/h4-9,13,17-18H,3,10-11H2,1-2H3;1H. The molecule has 0 radical (unpaired) electrons. The molecule has 2 rings (SSSR count). The van der Waals surface area contributed by atoms with Crippen LogP contribution >= 0.6 is 12.4 Å². The monoisotopic (exact) mass is 295 g/mol. The molecular formula is C16H22ClNO2. The van der Waals surface area contributed by atoms with Crippen LogP contribution in [0.1, 0.15) is 18.9 Å². The zero-order chi connectivity index (χ0) is 13.7. The molecule has 0 heterocycles. The minimum Gasteiger partial charge on any atom is -0.496 e. The van der Waals surface area contributed by atoms with Gasteiger partial charge < -0.3 is 15.2 Å². The van der Waals surface area contributed by atoms with Crippen molar-refractivity contribution in [1.29, 1.82) is 0 Å². The first-order chi connectivity index (χ1) is 9.30. The summed E-state index contributed by atoms with van der Waals surface area (Å²) in [4.78, 5) is 0. The van der Waals surface area contributed by atoms with E-state index < -0.39 is 0 Å². The molecule has 0 aliphatic carbocycles. The highest BCUT2D eigenvalue weighted by molar-refractivity contribution is 5.87. The van der Waals surface area contributed by atoms with Crippen LogP contribution in [0.15, 0.2) is 36.4 Å². The molecule has 0 amide bonds. The van der Waals surface area contributed by atoms with E-state index in [2.05, 4.69) is 30.4 Å². The summed E-state index contributed by atoms with van der Waals surface area (Å²) in [6.45, 7) is 2.92. The van der Waals surface area contributed by atoms with Crippen molar-refractivity contribution in [2.75, 3.05) is 13.7 Å². The van der Waals surface area contributed by atoms with E-state index in [4.69, 9.17) is 4.74 Å². The highest BCUT2D eigenvalue weighted by atomic mass is 35.5. The SMILES string of the molecule is CCC(CO)NCc1c(OC)ccc2ccccc12.Cl. The maximum atomic E-state index is 9.25. The van der Waals surface area contributed by atoms with Gasteiger partial charge in [0.25, 0.3) is 0 Å². The number of nitrogens with one attached hydrogen (secondary N) is 1. The molecule has 4 heteroatoms. The van der Waals surface area contributed by atoms with E-state index in [1.54, 1.807) is 7.11 Å². The van der Waals surface area contributed by atoms with Gasteiger partial charge in [-0.1, -0.05) is 37.3 Å². The molecule has 0 fully saturated rings. The minimum atomic E-state index is 0. The van der Waals surface area contributed by atoms with E-state index in [9.17, 15) is 5.11 Å². The number of hydrogen-bond acceptors (Lipinski definition) is 3. The summed E-state index contributed by atoms with van der Waals surface area (Å²) in [6.07, 6.45) is 0.906. The van der Waals surface area contributed by atoms with E-state index in [1.165, 1.54) is 10.8 Å². The number of aliphatic hydroxyl groups excluding tert-OH is 1. The lowest BCUT2D eigenvalue weighted by Crippen LogP contribution is -2.31. The average Bonchev–Trinajstić information content (AvgIpc) is 2.48. The molecule has 0 aliphatic rings. The Kier molecular flexibility index (Phi) is 6.79. The van der Waals surface area contributed by atoms with Crippen LogP contribution in [0.4, 0.5) is 0 Å². The average molecular weight is 296 g/mol. The smallest absolute Gasteiger partial charge is 0.123 e. The molecule has 2 aromatic rings. The molecule has 1 atom stereocenters. The summed E-state index contributed by atoms with van der Waals surface area (Å²) in [5.41, 5.74) is 1.15. The van der Waals surface area contributed by atoms with Crippen LogP contribution in [0.5, 0.6) is 5.75 Å². The quantitative estimate of drug-likeness (QED) is 0.860. The Morgan fingerprint density at radius 2 is 1.95 bits per heavy atom. The number of hydrogen-bond donors (Lipinski definition) is 2. The Hall–Kier alpha value is -1.29. The second kappa shape index (κ2) is 8.10. The highest BCUT2D eigenvalue weighted by Crippen LogP contribution is 2.27. The fourth-order valence-corrected chi connectivity index (χ4v) is 2.27. The van der Waals surface area contributed by atoms with Crippen molar-refractivity contribution >= 4 is 23.2 Å². The predicted octanol–water partition coefficient (Wildman–Crippen LogP) is 3.13. The molecule has 0 aliphatic heterocycles. The highest BCUT2D eigenvalue weighted by Gasteiger charge is 2.10. The number of ether oxygens (including phenoxy) is 1. The fraction of sp³-hybridized carbons (Fsp3) is 0.375. The summed E-state index contributed by atoms with van der Waals surface area (Å²) >= 11 is 0. The van der Waals surface area contributed by atoms with Crippen LogP contribution in [0.2, 0.25) is 0 Å². The molecule has 1 unspecified atom stereocenters. The van der Waals surface area contributed by atoms with Gasteiger partial charge in [0.1, 0.15) is 5.75 Å². The first-order valence-corrected chi connectivity index (χ1v) is 6.69. The molecule has 0 saturated carbocycles. The Balaban J connectivity index is 0.00000200. The molecule has 2 aromatic carbocycles. The number of rotatable bonds is 6. The molecule has 110 valence electrons. The number of methoxy groups -OCH3 is 1. The molecule has 20 heavy (non-hydrogen) atoms. The first-order valence-electron chi connectivity index (χ1n) is 6.69. The third-order valence-corrected chi connectivity index (χ3v) is 3.50. The van der Waals surface area contributed by atoms with E-state index in [0.29, 0.717) is 6.54 Å². The third-order valence-electron chi connectivity index (χ3n) is 3.50. The Morgan fingerprint density at radius 3 is 2.60 bits per heavy atom. The van der Waals surface area contributed by atoms with Gasteiger partial charge in [0.15, 0.2) is 0 Å². The Bertz CT molecular complexity index is 541. The number of halogens is 1. The zero-order valence-corrected chi connectivity index (χ0v) is 12.7. The topological polar surface area (TPSA) is 41.5 Å². The first kappa shape index (κ1) is 16.8. The zero-order valence-electron chi connectivity index (χ0n) is 11.9. The van der Waals surface area contributed by atoms with Gasteiger partial charge in [-0.3, -0.25) is 0 Å². The second-order valence-corrected chi connectivity index (χ2v) is 4.64. The van der Waals surface area contributed by atoms with Crippen molar-refractivity contribution in [2.24, 2.45) is 0 Å². The van der Waals surface area contributed by atoms with Crippen molar-refractivity contribution < 1.29 is 9.84 Å². The van der Waals surface area contributed by atoms with Gasteiger partial charge in [0.05, 0.1) is 13.7 Å². The molecule has 0 saturated heterocycles. The fourth-order valence-electron chi connectivity index (χ4n) is 2.27. The lowest BCUT2D eigenvalue weighted by molar-refractivity contribution is 0.238. The van der Waals surface area contributed by atoms with Crippen LogP contribution in [0.3, 0.4) is 0 Å². The molecule has 0 aromatic heterocycles. The molecular weight excluding hydrogens is 274 g/mol. The maximum Gasteiger partial charge on any atom is 0.123 e. The van der Waals surface area contributed by atoms with E-state index in [1.807, 2.05) is 18.2 Å². The molecule has 3 nitrogen and oxygen atoms in total. The van der Waals surface area contributed by atoms with E-state index in [0.717, 1.165) is 17.7 Å². The summed E-state index contributed by atoms with van der Waals surface area (Å²) in [5.74, 6) is 0.888. The van der Waals surface area contributed by atoms with Gasteiger partial charge in [-0.05, 0) is 23.3 Å². The number of aliphatic hydroxyl groups is 1. The van der Waals surface area contributed by atoms with Crippen LogP contribution in [-0.4, -0.2) is 24.9 Å². The van der Waals surface area contributed by atoms with Gasteiger partial charge in [0, 0.05) is 18.2 Å². The van der Waals surface area contributed by atoms with Gasteiger partial charge in [-0.2, -0.15) is 0 Å². The summed E-state index contributed by atoms with van der Waals surface area (Å²) in [5, 5.41) is 15.0. The summed E-state index contributed by atoms with van der Waals surface area (Å²) < 4.78 is 5.45. The van der Waals surface area contributed by atoms with Crippen LogP contribution in [-0.2, 0) is 6.54 Å². The maximum absolute atomic E-state index is 9.25. The third kappa shape index (κ3) is 3.63. The van der Waals surface area contributed by atoms with E-state index in [-0.39, 0.29) is 25.1 Å². The summed E-state index contributed by atoms with van der Waals surface area (Å²) in [6, 6.07) is 12.5. The molecule has 0 bridgehead atoms. The molecule has 0 spiro atoms. The molecule has 2 N–H and O–H groups in total. The van der Waals surface area contributed by atoms with Gasteiger partial charge >= 0.3 is 0 Å². The lowest BCUT2D eigenvalue weighted by atomic mass is 10.0. The second-order valence-electron chi connectivity index (χ2n) is 4.64. The minimum absolute atomic E-state index is 0. The van der Waals surface area contributed by atoms with Gasteiger partial charge in [0.2, 0.25) is 0 Å². The predicted molar refractivity (Wildman–Crippen MR) is 85.8 cm³/mol. The van der Waals surface area contributed by atoms with Gasteiger partial charge in [-0.25, -0.2) is 0 Å². The van der Waals surface area contributed by atoms with Crippen molar-refractivity contribution in [3.05, 3.63) is 42.0 Å². The van der Waals surface area contributed by atoms with E-state index >= 15 is 0 Å². The Morgan fingerprint density at radius 1 is 1.20 bits per heavy atom. The van der Waals surface area contributed by atoms with Crippen molar-refractivity contribution in [2.45, 2.75) is 25.9 Å². The van der Waals surface area contributed by atoms with Crippen LogP contribution < -0.4 is 10.1 Å². The largest absolute Gasteiger partial charge is 0.496 e. The van der Waals surface area contributed by atoms with Gasteiger partial charge in [-0.15, -0.1) is 12.4 Å². The summed E-state index contributed by atoms with van der Waals surface area (Å²) in [7, 11) is 1.69.